The highest BCUT2D eigenvalue weighted by molar-refractivity contribution is 7.82. The molecule has 1 aromatic rings. The molecule has 6 heteroatoms. The highest BCUT2D eigenvalue weighted by Gasteiger charge is 2.22. The fourth-order valence-electron chi connectivity index (χ4n) is 1.89. The van der Waals surface area contributed by atoms with Gasteiger partial charge in [-0.05, 0) is 12.1 Å². The van der Waals surface area contributed by atoms with Gasteiger partial charge in [0.15, 0.2) is 4.99 Å². The Morgan fingerprint density at radius 1 is 1.56 bits per heavy atom. The molecule has 2 rings (SSSR count). The number of thiocarbonyl (C=S) groups is 1. The SMILES string of the molecule is C[NH+]1CCN(C(=S)C(=O)NCc2ccco2)CC1. The third-order valence-electron chi connectivity index (χ3n) is 3.10. The fourth-order valence-corrected chi connectivity index (χ4v) is 2.15. The number of hydrogen-bond donors (Lipinski definition) is 2. The Bertz CT molecular complexity index is 411. The maximum atomic E-state index is 11.9. The van der Waals surface area contributed by atoms with Crippen LogP contribution >= 0.6 is 12.2 Å². The monoisotopic (exact) mass is 268 g/mol. The molecule has 1 aromatic heterocycles. The van der Waals surface area contributed by atoms with Crippen LogP contribution in [0.3, 0.4) is 0 Å². The largest absolute Gasteiger partial charge is 0.467 e. The molecule has 1 amide bonds. The smallest absolute Gasteiger partial charge is 0.279 e. The van der Waals surface area contributed by atoms with E-state index in [-0.39, 0.29) is 5.91 Å². The molecule has 0 saturated carbocycles. The molecule has 0 atom stereocenters. The van der Waals surface area contributed by atoms with Crippen molar-refractivity contribution in [1.29, 1.82) is 0 Å². The van der Waals surface area contributed by atoms with E-state index in [1.807, 2.05) is 11.0 Å². The summed E-state index contributed by atoms with van der Waals surface area (Å²) in [6.07, 6.45) is 1.59. The number of carbonyl (C=O) groups excluding carboxylic acids is 1. The summed E-state index contributed by atoms with van der Waals surface area (Å²) < 4.78 is 5.15. The van der Waals surface area contributed by atoms with Crippen LogP contribution in [-0.4, -0.2) is 49.0 Å². The molecular weight excluding hydrogens is 250 g/mol. The number of rotatable bonds is 2. The maximum Gasteiger partial charge on any atom is 0.279 e. The number of quaternary nitrogens is 1. The maximum absolute atomic E-state index is 11.9. The summed E-state index contributed by atoms with van der Waals surface area (Å²) in [4.78, 5) is 15.7. The molecule has 1 aliphatic rings. The predicted octanol–water partition coefficient (Wildman–Crippen LogP) is -0.946. The van der Waals surface area contributed by atoms with Crippen LogP contribution in [0.15, 0.2) is 22.8 Å². The Hall–Kier alpha value is -1.40. The Morgan fingerprint density at radius 2 is 2.28 bits per heavy atom. The minimum absolute atomic E-state index is 0.194. The number of piperazine rings is 1. The van der Waals surface area contributed by atoms with Gasteiger partial charge in [-0.25, -0.2) is 0 Å². The molecule has 0 bridgehead atoms. The summed E-state index contributed by atoms with van der Waals surface area (Å²) in [7, 11) is 2.15. The lowest BCUT2D eigenvalue weighted by Crippen LogP contribution is -3.12. The minimum Gasteiger partial charge on any atom is -0.467 e. The van der Waals surface area contributed by atoms with E-state index in [0.717, 1.165) is 31.9 Å². The van der Waals surface area contributed by atoms with Crippen molar-refractivity contribution < 1.29 is 14.1 Å². The van der Waals surface area contributed by atoms with Crippen molar-refractivity contribution in [3.8, 4) is 0 Å². The van der Waals surface area contributed by atoms with Gasteiger partial charge >= 0.3 is 0 Å². The van der Waals surface area contributed by atoms with E-state index in [9.17, 15) is 4.79 Å². The van der Waals surface area contributed by atoms with Gasteiger partial charge in [-0.1, -0.05) is 12.2 Å². The molecule has 98 valence electrons. The zero-order valence-electron chi connectivity index (χ0n) is 10.4. The van der Waals surface area contributed by atoms with Crippen molar-refractivity contribution in [3.05, 3.63) is 24.2 Å². The number of nitrogens with zero attached hydrogens (tertiary/aromatic N) is 1. The van der Waals surface area contributed by atoms with Crippen LogP contribution < -0.4 is 10.2 Å². The lowest BCUT2D eigenvalue weighted by Gasteiger charge is -2.31. The molecule has 1 aliphatic heterocycles. The summed E-state index contributed by atoms with van der Waals surface area (Å²) >= 11 is 5.20. The Balaban J connectivity index is 1.79. The van der Waals surface area contributed by atoms with Crippen molar-refractivity contribution in [2.45, 2.75) is 6.54 Å². The number of furan rings is 1. The number of amides is 1. The van der Waals surface area contributed by atoms with Gasteiger partial charge in [-0.15, -0.1) is 0 Å². The molecule has 0 radical (unpaired) electrons. The molecule has 0 unspecified atom stereocenters. The van der Waals surface area contributed by atoms with Crippen molar-refractivity contribution >= 4 is 23.1 Å². The number of hydrogen-bond acceptors (Lipinski definition) is 3. The third-order valence-corrected chi connectivity index (χ3v) is 3.55. The van der Waals surface area contributed by atoms with E-state index >= 15 is 0 Å². The van der Waals surface area contributed by atoms with Crippen LogP contribution in [0.1, 0.15) is 5.76 Å². The first kappa shape index (κ1) is 13.0. The van der Waals surface area contributed by atoms with Gasteiger partial charge in [-0.2, -0.15) is 0 Å². The van der Waals surface area contributed by atoms with Crippen LogP contribution in [0.4, 0.5) is 0 Å². The highest BCUT2D eigenvalue weighted by Crippen LogP contribution is 1.99. The quantitative estimate of drug-likeness (QED) is 0.679. The highest BCUT2D eigenvalue weighted by atomic mass is 32.1. The van der Waals surface area contributed by atoms with Gasteiger partial charge in [0.2, 0.25) is 0 Å². The van der Waals surface area contributed by atoms with Crippen LogP contribution in [-0.2, 0) is 11.3 Å². The normalized spacial score (nSPS) is 16.6. The zero-order valence-corrected chi connectivity index (χ0v) is 11.3. The summed E-state index contributed by atoms with van der Waals surface area (Å²) in [5, 5.41) is 2.77. The van der Waals surface area contributed by atoms with Crippen molar-refractivity contribution in [1.82, 2.24) is 10.2 Å². The molecule has 0 aliphatic carbocycles. The van der Waals surface area contributed by atoms with Gasteiger partial charge in [0.25, 0.3) is 5.91 Å². The summed E-state index contributed by atoms with van der Waals surface area (Å²) in [5.41, 5.74) is 0. The summed E-state index contributed by atoms with van der Waals surface area (Å²) in [6.45, 7) is 4.11. The topological polar surface area (TPSA) is 49.9 Å². The lowest BCUT2D eigenvalue weighted by molar-refractivity contribution is -0.883. The van der Waals surface area contributed by atoms with Gasteiger partial charge < -0.3 is 19.5 Å². The average Bonchev–Trinajstić information content (AvgIpc) is 2.89. The average molecular weight is 268 g/mol. The van der Waals surface area contributed by atoms with Gasteiger partial charge in [0, 0.05) is 0 Å². The van der Waals surface area contributed by atoms with Gasteiger partial charge in [0.05, 0.1) is 46.0 Å². The first-order valence-electron chi connectivity index (χ1n) is 6.07. The third kappa shape index (κ3) is 3.30. The van der Waals surface area contributed by atoms with E-state index in [1.54, 1.807) is 12.3 Å². The molecule has 2 N–H and O–H groups in total. The molecule has 0 spiro atoms. The molecule has 1 saturated heterocycles. The minimum atomic E-state index is -0.194. The van der Waals surface area contributed by atoms with Crippen LogP contribution in [0, 0.1) is 0 Å². The molecule has 5 nitrogen and oxygen atoms in total. The first-order valence-corrected chi connectivity index (χ1v) is 6.48. The standard InChI is InChI=1S/C12H17N3O2S/c1-14-4-6-15(7-5-14)12(18)11(16)13-9-10-3-2-8-17-10/h2-3,8H,4-7,9H2,1H3,(H,13,16)/p+1. The Labute approximate surface area is 112 Å². The summed E-state index contributed by atoms with van der Waals surface area (Å²) in [6, 6.07) is 3.62. The van der Waals surface area contributed by atoms with Crippen LogP contribution in [0.2, 0.25) is 0 Å². The second-order valence-electron chi connectivity index (χ2n) is 4.51. The van der Waals surface area contributed by atoms with E-state index < -0.39 is 0 Å². The Morgan fingerprint density at radius 3 is 2.89 bits per heavy atom. The molecule has 18 heavy (non-hydrogen) atoms. The fraction of sp³-hybridized carbons (Fsp3) is 0.500. The second-order valence-corrected chi connectivity index (χ2v) is 4.90. The van der Waals surface area contributed by atoms with Crippen molar-refractivity contribution in [2.75, 3.05) is 33.2 Å². The van der Waals surface area contributed by atoms with E-state index in [4.69, 9.17) is 16.6 Å². The molecular formula is C12H18N3O2S+. The van der Waals surface area contributed by atoms with Gasteiger partial charge in [-0.3, -0.25) is 4.79 Å². The predicted molar refractivity (Wildman–Crippen MR) is 71.3 cm³/mol. The summed E-state index contributed by atoms with van der Waals surface area (Å²) in [5.74, 6) is 0.537. The molecule has 0 aromatic carbocycles. The Kier molecular flexibility index (Phi) is 4.33. The van der Waals surface area contributed by atoms with E-state index in [2.05, 4.69) is 12.4 Å². The zero-order chi connectivity index (χ0) is 13.0. The van der Waals surface area contributed by atoms with Crippen LogP contribution in [0.5, 0.6) is 0 Å². The second kappa shape index (κ2) is 5.97. The molecule has 1 fully saturated rings. The first-order chi connectivity index (χ1) is 8.66. The molecule has 2 heterocycles. The van der Waals surface area contributed by atoms with E-state index in [1.165, 1.54) is 4.90 Å². The van der Waals surface area contributed by atoms with Crippen LogP contribution in [0.25, 0.3) is 0 Å². The van der Waals surface area contributed by atoms with Crippen molar-refractivity contribution in [2.24, 2.45) is 0 Å². The number of likely N-dealkylation sites (N-methyl/N-ethyl adjacent to an activating group) is 1. The lowest BCUT2D eigenvalue weighted by atomic mass is 10.3. The number of nitrogens with one attached hydrogen (secondary N) is 2. The van der Waals surface area contributed by atoms with E-state index in [0.29, 0.717) is 11.5 Å². The van der Waals surface area contributed by atoms with Crippen molar-refractivity contribution in [3.63, 3.8) is 0 Å². The number of carbonyl (C=O) groups is 1. The van der Waals surface area contributed by atoms with Gasteiger partial charge in [0.1, 0.15) is 5.76 Å².